The van der Waals surface area contributed by atoms with Crippen molar-refractivity contribution in [3.8, 4) is 11.5 Å². The van der Waals surface area contributed by atoms with Crippen LogP contribution in [0.25, 0.3) is 6.08 Å². The van der Waals surface area contributed by atoms with E-state index < -0.39 is 15.7 Å². The molecule has 0 saturated carbocycles. The highest BCUT2D eigenvalue weighted by Gasteiger charge is 2.41. The lowest BCUT2D eigenvalue weighted by Gasteiger charge is -2.23. The van der Waals surface area contributed by atoms with Crippen LogP contribution >= 0.6 is 11.9 Å². The Morgan fingerprint density at radius 1 is 1.03 bits per heavy atom. The molecule has 0 radical (unpaired) electrons. The Morgan fingerprint density at radius 3 is 2.30 bits per heavy atom. The Hall–Kier alpha value is -3.44. The number of amidine groups is 3. The Kier molecular flexibility index (Phi) is 6.61. The van der Waals surface area contributed by atoms with Gasteiger partial charge >= 0.3 is 0 Å². The highest BCUT2D eigenvalue weighted by molar-refractivity contribution is 8.16. The number of amides is 1. The first-order valence-electron chi connectivity index (χ1n) is 9.92. The molecule has 1 amide bonds. The molecule has 0 aliphatic carbocycles. The van der Waals surface area contributed by atoms with Crippen LogP contribution in [-0.4, -0.2) is 54.9 Å². The van der Waals surface area contributed by atoms with E-state index in [4.69, 9.17) is 14.9 Å². The molecular weight excluding hydrogens is 464 g/mol. The molecule has 2 aromatic rings. The summed E-state index contributed by atoms with van der Waals surface area (Å²) in [6, 6.07) is 16.6. The van der Waals surface area contributed by atoms with E-state index in [0.717, 1.165) is 28.9 Å². The number of fused-ring (bicyclic) bond motifs is 1. The lowest BCUT2D eigenvalue weighted by molar-refractivity contribution is -0.114. The zero-order valence-electron chi connectivity index (χ0n) is 17.6. The van der Waals surface area contributed by atoms with Crippen LogP contribution in [0.1, 0.15) is 12.0 Å². The number of rotatable bonds is 7. The molecular formula is C22H20N4O5S2. The number of ether oxygens (including phenoxy) is 2. The Bertz CT molecular complexity index is 1270. The predicted molar refractivity (Wildman–Crippen MR) is 128 cm³/mol. The highest BCUT2D eigenvalue weighted by atomic mass is 32.2. The second-order valence-corrected chi connectivity index (χ2v) is 9.75. The predicted octanol–water partition coefficient (Wildman–Crippen LogP) is 3.16. The molecule has 9 nitrogen and oxygen atoms in total. The molecule has 0 atom stereocenters. The van der Waals surface area contributed by atoms with Crippen LogP contribution in [0.5, 0.6) is 11.5 Å². The number of nitrogens with zero attached hydrogens (tertiary/aromatic N) is 3. The van der Waals surface area contributed by atoms with Crippen molar-refractivity contribution in [3.63, 3.8) is 0 Å². The molecule has 2 aliphatic rings. The van der Waals surface area contributed by atoms with Gasteiger partial charge in [-0.1, -0.05) is 30.3 Å². The summed E-state index contributed by atoms with van der Waals surface area (Å²) in [5.41, 5.74) is 0.621. The van der Waals surface area contributed by atoms with E-state index in [1.807, 2.05) is 30.3 Å². The van der Waals surface area contributed by atoms with E-state index in [-0.39, 0.29) is 21.7 Å². The standard InChI is InChI=1S/C22H20N4O5S2/c1-33(28,29)22-25-32-21-24-20(27)18(19(23)26(21)22)14-15-8-10-17(11-9-15)31-13-5-12-30-16-6-3-2-4-7-16/h2-4,6-11,14,23H,5,12-13H2,1H3. The first kappa shape index (κ1) is 22.7. The molecule has 11 heteroatoms. The van der Waals surface area contributed by atoms with Gasteiger partial charge in [-0.05, 0) is 35.9 Å². The van der Waals surface area contributed by atoms with E-state index in [2.05, 4.69) is 9.39 Å². The summed E-state index contributed by atoms with van der Waals surface area (Å²) < 4.78 is 39.1. The molecule has 0 fully saturated rings. The molecule has 1 N–H and O–H groups in total. The summed E-state index contributed by atoms with van der Waals surface area (Å²) in [6.07, 6.45) is 3.20. The van der Waals surface area contributed by atoms with Crippen LogP contribution < -0.4 is 9.47 Å². The van der Waals surface area contributed by atoms with E-state index in [1.54, 1.807) is 24.3 Å². The number of benzene rings is 2. The number of hydrogen-bond acceptors (Lipinski definition) is 8. The Labute approximate surface area is 195 Å². The average molecular weight is 485 g/mol. The van der Waals surface area contributed by atoms with Gasteiger partial charge in [0.25, 0.3) is 5.91 Å². The number of sulfone groups is 1. The van der Waals surface area contributed by atoms with Crippen LogP contribution in [0, 0.1) is 5.41 Å². The van der Waals surface area contributed by atoms with Gasteiger partial charge in [-0.3, -0.25) is 10.2 Å². The number of nitrogens with one attached hydrogen (secondary N) is 1. The van der Waals surface area contributed by atoms with Gasteiger partial charge in [0.05, 0.1) is 30.7 Å². The van der Waals surface area contributed by atoms with E-state index in [9.17, 15) is 13.2 Å². The number of aliphatic imine (C=N–C) groups is 1. The first-order valence-corrected chi connectivity index (χ1v) is 12.6. The van der Waals surface area contributed by atoms with Crippen molar-refractivity contribution in [2.45, 2.75) is 6.42 Å². The minimum absolute atomic E-state index is 0.0238. The summed E-state index contributed by atoms with van der Waals surface area (Å²) in [5.74, 6) is 0.571. The lowest BCUT2D eigenvalue weighted by Crippen LogP contribution is -2.45. The third-order valence-corrected chi connectivity index (χ3v) is 6.34. The van der Waals surface area contributed by atoms with Crippen LogP contribution in [-0.2, 0) is 14.6 Å². The fourth-order valence-electron chi connectivity index (χ4n) is 3.02. The van der Waals surface area contributed by atoms with Gasteiger partial charge < -0.3 is 9.47 Å². The second kappa shape index (κ2) is 9.59. The van der Waals surface area contributed by atoms with Crippen molar-refractivity contribution in [1.82, 2.24) is 4.90 Å². The van der Waals surface area contributed by atoms with Gasteiger partial charge in [-0.2, -0.15) is 9.39 Å². The van der Waals surface area contributed by atoms with Crippen molar-refractivity contribution in [3.05, 3.63) is 65.7 Å². The average Bonchev–Trinajstić information content (AvgIpc) is 3.22. The van der Waals surface area contributed by atoms with Crippen molar-refractivity contribution in [1.29, 1.82) is 5.41 Å². The fourth-order valence-corrected chi connectivity index (χ4v) is 4.87. The molecule has 170 valence electrons. The molecule has 4 rings (SSSR count). The van der Waals surface area contributed by atoms with Gasteiger partial charge in [-0.25, -0.2) is 13.3 Å². The summed E-state index contributed by atoms with van der Waals surface area (Å²) in [7, 11) is -3.68. The third-order valence-electron chi connectivity index (χ3n) is 4.59. The number of carbonyl (C=O) groups is 1. The topological polar surface area (TPSA) is 121 Å². The molecule has 0 bridgehead atoms. The maximum absolute atomic E-state index is 12.4. The monoisotopic (exact) mass is 484 g/mol. The molecule has 33 heavy (non-hydrogen) atoms. The zero-order chi connectivity index (χ0) is 23.4. The maximum Gasteiger partial charge on any atom is 0.283 e. The normalized spacial score (nSPS) is 17.0. The summed E-state index contributed by atoms with van der Waals surface area (Å²) in [4.78, 5) is 17.4. The fraction of sp³-hybridized carbons (Fsp3) is 0.182. The molecule has 2 aliphatic heterocycles. The van der Waals surface area contributed by atoms with Crippen LogP contribution in [0.2, 0.25) is 0 Å². The molecule has 0 unspecified atom stereocenters. The minimum atomic E-state index is -3.68. The molecule has 2 heterocycles. The van der Waals surface area contributed by atoms with Gasteiger partial charge in [0, 0.05) is 12.7 Å². The number of carbonyl (C=O) groups excluding carboxylic acids is 1. The Morgan fingerprint density at radius 2 is 1.67 bits per heavy atom. The van der Waals surface area contributed by atoms with Crippen LogP contribution in [0.15, 0.2) is 69.6 Å². The second-order valence-electron chi connectivity index (χ2n) is 7.11. The maximum atomic E-state index is 12.4. The molecule has 0 aromatic heterocycles. The van der Waals surface area contributed by atoms with Crippen molar-refractivity contribution < 1.29 is 22.7 Å². The number of para-hydroxylation sites is 1. The Balaban J connectivity index is 1.37. The smallest absolute Gasteiger partial charge is 0.283 e. The van der Waals surface area contributed by atoms with Crippen molar-refractivity contribution >= 4 is 49.9 Å². The van der Waals surface area contributed by atoms with Crippen LogP contribution in [0.3, 0.4) is 0 Å². The van der Waals surface area contributed by atoms with E-state index in [1.165, 1.54) is 6.08 Å². The molecule has 2 aromatic carbocycles. The van der Waals surface area contributed by atoms with E-state index >= 15 is 0 Å². The number of hydrogen-bond donors (Lipinski definition) is 1. The van der Waals surface area contributed by atoms with Gasteiger partial charge in [0.2, 0.25) is 20.2 Å². The summed E-state index contributed by atoms with van der Waals surface area (Å²) in [6.45, 7) is 1.02. The summed E-state index contributed by atoms with van der Waals surface area (Å²) in [5, 5.41) is 8.11. The molecule has 0 spiro atoms. The quantitative estimate of drug-likeness (QED) is 0.364. The van der Waals surface area contributed by atoms with Crippen LogP contribution in [0.4, 0.5) is 0 Å². The summed E-state index contributed by atoms with van der Waals surface area (Å²) >= 11 is 0.759. The minimum Gasteiger partial charge on any atom is -0.493 e. The molecule has 0 saturated heterocycles. The van der Waals surface area contributed by atoms with Crippen molar-refractivity contribution in [2.24, 2.45) is 9.39 Å². The SMILES string of the molecule is CS(=O)(=O)C1=NSC2=NC(=O)C(=Cc3ccc(OCCCOc4ccccc4)cc3)C(=N)N21. The van der Waals surface area contributed by atoms with E-state index in [0.29, 0.717) is 30.9 Å². The largest absolute Gasteiger partial charge is 0.493 e. The zero-order valence-corrected chi connectivity index (χ0v) is 19.2. The van der Waals surface area contributed by atoms with Crippen molar-refractivity contribution in [2.75, 3.05) is 19.5 Å². The lowest BCUT2D eigenvalue weighted by atomic mass is 10.1. The van der Waals surface area contributed by atoms with Gasteiger partial charge in [-0.15, -0.1) is 0 Å². The highest BCUT2D eigenvalue weighted by Crippen LogP contribution is 2.29. The third kappa shape index (κ3) is 5.32. The first-order chi connectivity index (χ1) is 15.8. The van der Waals surface area contributed by atoms with Gasteiger partial charge in [0.15, 0.2) is 0 Å². The van der Waals surface area contributed by atoms with Gasteiger partial charge in [0.1, 0.15) is 17.3 Å².